The van der Waals surface area contributed by atoms with E-state index >= 15 is 0 Å². The van der Waals surface area contributed by atoms with Crippen molar-refractivity contribution in [3.05, 3.63) is 40.9 Å². The SMILES string of the molecule is CC(=O)N1CCC[C@H](C(=O)NNC(=O)c2sc(-c3ccccc3)nc2C)C1. The third kappa shape index (κ3) is 4.51. The molecule has 0 aliphatic carbocycles. The smallest absolute Gasteiger partial charge is 0.281 e. The Hall–Kier alpha value is -2.74. The molecule has 1 aliphatic heterocycles. The van der Waals surface area contributed by atoms with Crippen LogP contribution in [0.5, 0.6) is 0 Å². The minimum Gasteiger partial charge on any atom is -0.342 e. The van der Waals surface area contributed by atoms with Crippen molar-refractivity contribution in [3.8, 4) is 10.6 Å². The lowest BCUT2D eigenvalue weighted by atomic mass is 9.97. The van der Waals surface area contributed by atoms with Gasteiger partial charge in [0.05, 0.1) is 11.6 Å². The fraction of sp³-hybridized carbons (Fsp3) is 0.368. The summed E-state index contributed by atoms with van der Waals surface area (Å²) in [6, 6.07) is 9.63. The van der Waals surface area contributed by atoms with Gasteiger partial charge in [0.15, 0.2) is 0 Å². The van der Waals surface area contributed by atoms with Crippen LogP contribution in [0.15, 0.2) is 30.3 Å². The summed E-state index contributed by atoms with van der Waals surface area (Å²) in [5.41, 5.74) is 6.52. The minimum atomic E-state index is -0.389. The lowest BCUT2D eigenvalue weighted by molar-refractivity contribution is -0.134. The van der Waals surface area contributed by atoms with Crippen LogP contribution < -0.4 is 10.9 Å². The van der Waals surface area contributed by atoms with E-state index in [-0.39, 0.29) is 23.6 Å². The molecule has 1 aromatic carbocycles. The first kappa shape index (κ1) is 19.0. The van der Waals surface area contributed by atoms with Crippen LogP contribution in [0.2, 0.25) is 0 Å². The number of hydrogen-bond donors (Lipinski definition) is 2. The fourth-order valence-electron chi connectivity index (χ4n) is 3.07. The first-order valence-electron chi connectivity index (χ1n) is 8.84. The van der Waals surface area contributed by atoms with Crippen LogP contribution in [0.3, 0.4) is 0 Å². The van der Waals surface area contributed by atoms with Gasteiger partial charge in [0, 0.05) is 25.6 Å². The van der Waals surface area contributed by atoms with E-state index in [0.29, 0.717) is 30.1 Å². The first-order chi connectivity index (χ1) is 13.0. The highest BCUT2D eigenvalue weighted by atomic mass is 32.1. The summed E-state index contributed by atoms with van der Waals surface area (Å²) in [7, 11) is 0. The molecule has 7 nitrogen and oxygen atoms in total. The van der Waals surface area contributed by atoms with E-state index < -0.39 is 0 Å². The summed E-state index contributed by atoms with van der Waals surface area (Å²) in [6.07, 6.45) is 1.48. The summed E-state index contributed by atoms with van der Waals surface area (Å²) in [5.74, 6) is -1.02. The van der Waals surface area contributed by atoms with Gasteiger partial charge in [-0.1, -0.05) is 30.3 Å². The Labute approximate surface area is 161 Å². The molecule has 1 aromatic heterocycles. The Morgan fingerprint density at radius 3 is 2.63 bits per heavy atom. The molecule has 0 radical (unpaired) electrons. The Balaban J connectivity index is 1.60. The number of aryl methyl sites for hydroxylation is 1. The minimum absolute atomic E-state index is 0.0368. The van der Waals surface area contributed by atoms with Crippen LogP contribution in [0.1, 0.15) is 35.1 Å². The van der Waals surface area contributed by atoms with Gasteiger partial charge in [-0.05, 0) is 19.8 Å². The summed E-state index contributed by atoms with van der Waals surface area (Å²) in [4.78, 5) is 42.9. The number of carbonyl (C=O) groups is 3. The maximum atomic E-state index is 12.5. The van der Waals surface area contributed by atoms with Crippen molar-refractivity contribution >= 4 is 29.1 Å². The number of aromatic nitrogens is 1. The lowest BCUT2D eigenvalue weighted by Gasteiger charge is -2.31. The van der Waals surface area contributed by atoms with Gasteiger partial charge in [0.1, 0.15) is 9.88 Å². The number of thiazole rings is 1. The number of nitrogens with zero attached hydrogens (tertiary/aromatic N) is 2. The third-order valence-corrected chi connectivity index (χ3v) is 5.77. The number of carbonyl (C=O) groups excluding carboxylic acids is 3. The number of piperidine rings is 1. The van der Waals surface area contributed by atoms with Crippen LogP contribution in [0.4, 0.5) is 0 Å². The number of benzene rings is 1. The zero-order valence-electron chi connectivity index (χ0n) is 15.3. The average Bonchev–Trinajstić information content (AvgIpc) is 3.08. The number of hydrazine groups is 1. The molecule has 1 saturated heterocycles. The third-order valence-electron chi connectivity index (χ3n) is 4.56. The molecular formula is C19H22N4O3S. The molecule has 3 rings (SSSR count). The van der Waals surface area contributed by atoms with Gasteiger partial charge < -0.3 is 4.90 Å². The molecule has 3 amide bonds. The molecule has 1 atom stereocenters. The molecule has 142 valence electrons. The average molecular weight is 386 g/mol. The van der Waals surface area contributed by atoms with Gasteiger partial charge in [0.25, 0.3) is 5.91 Å². The molecule has 1 aliphatic rings. The van der Waals surface area contributed by atoms with E-state index in [1.165, 1.54) is 18.3 Å². The number of rotatable bonds is 3. The standard InChI is InChI=1S/C19H22N4O3S/c1-12-16(27-19(20-12)14-7-4-3-5-8-14)18(26)22-21-17(25)15-9-6-10-23(11-15)13(2)24/h3-5,7-8,15H,6,9-11H2,1-2H3,(H,21,25)(H,22,26)/t15-/m0/s1. The van der Waals surface area contributed by atoms with Crippen molar-refractivity contribution < 1.29 is 14.4 Å². The monoisotopic (exact) mass is 386 g/mol. The highest BCUT2D eigenvalue weighted by Gasteiger charge is 2.27. The molecule has 1 fully saturated rings. The van der Waals surface area contributed by atoms with Crippen LogP contribution in [-0.2, 0) is 9.59 Å². The number of likely N-dealkylation sites (tertiary alicyclic amines) is 1. The Morgan fingerprint density at radius 2 is 1.93 bits per heavy atom. The molecule has 27 heavy (non-hydrogen) atoms. The van der Waals surface area contributed by atoms with Crippen molar-refractivity contribution in [3.63, 3.8) is 0 Å². The fourth-order valence-corrected chi connectivity index (χ4v) is 4.03. The Morgan fingerprint density at radius 1 is 1.19 bits per heavy atom. The van der Waals surface area contributed by atoms with E-state index in [1.54, 1.807) is 11.8 Å². The van der Waals surface area contributed by atoms with Crippen LogP contribution >= 0.6 is 11.3 Å². The molecule has 0 spiro atoms. The van der Waals surface area contributed by atoms with E-state index in [4.69, 9.17) is 0 Å². The number of amides is 3. The van der Waals surface area contributed by atoms with Gasteiger partial charge in [-0.3, -0.25) is 25.2 Å². The van der Waals surface area contributed by atoms with E-state index in [0.717, 1.165) is 17.0 Å². The maximum absolute atomic E-state index is 12.5. The molecule has 2 N–H and O–H groups in total. The van der Waals surface area contributed by atoms with Crippen molar-refractivity contribution in [1.82, 2.24) is 20.7 Å². The second kappa shape index (κ2) is 8.30. The number of nitrogens with one attached hydrogen (secondary N) is 2. The van der Waals surface area contributed by atoms with Crippen molar-refractivity contribution in [2.45, 2.75) is 26.7 Å². The van der Waals surface area contributed by atoms with Gasteiger partial charge in [-0.2, -0.15) is 0 Å². The van der Waals surface area contributed by atoms with Crippen LogP contribution in [0, 0.1) is 12.8 Å². The summed E-state index contributed by atoms with van der Waals surface area (Å²) < 4.78 is 0. The molecule has 0 unspecified atom stereocenters. The molecule has 2 aromatic rings. The Kier molecular flexibility index (Phi) is 5.85. The first-order valence-corrected chi connectivity index (χ1v) is 9.66. The van der Waals surface area contributed by atoms with Crippen molar-refractivity contribution in [2.24, 2.45) is 5.92 Å². The zero-order valence-corrected chi connectivity index (χ0v) is 16.1. The highest BCUT2D eigenvalue weighted by molar-refractivity contribution is 7.17. The molecule has 2 heterocycles. The largest absolute Gasteiger partial charge is 0.342 e. The normalized spacial score (nSPS) is 16.7. The molecule has 0 saturated carbocycles. The summed E-state index contributed by atoms with van der Waals surface area (Å²) >= 11 is 1.28. The van der Waals surface area contributed by atoms with Gasteiger partial charge >= 0.3 is 0 Å². The van der Waals surface area contributed by atoms with E-state index in [2.05, 4.69) is 15.8 Å². The summed E-state index contributed by atoms with van der Waals surface area (Å²) in [5, 5.41) is 0.758. The van der Waals surface area contributed by atoms with Gasteiger partial charge in [-0.15, -0.1) is 11.3 Å². The second-order valence-electron chi connectivity index (χ2n) is 6.55. The number of hydrogen-bond acceptors (Lipinski definition) is 5. The second-order valence-corrected chi connectivity index (χ2v) is 7.55. The quantitative estimate of drug-likeness (QED) is 0.791. The zero-order chi connectivity index (χ0) is 19.4. The molecular weight excluding hydrogens is 364 g/mol. The van der Waals surface area contributed by atoms with Crippen molar-refractivity contribution in [1.29, 1.82) is 0 Å². The topological polar surface area (TPSA) is 91.4 Å². The van der Waals surface area contributed by atoms with E-state index in [9.17, 15) is 14.4 Å². The lowest BCUT2D eigenvalue weighted by Crippen LogP contribution is -2.49. The van der Waals surface area contributed by atoms with Crippen LogP contribution in [-0.4, -0.2) is 40.7 Å². The summed E-state index contributed by atoms with van der Waals surface area (Å²) in [6.45, 7) is 4.33. The molecule has 8 heteroatoms. The maximum Gasteiger partial charge on any atom is 0.281 e. The predicted octanol–water partition coefficient (Wildman–Crippen LogP) is 2.14. The predicted molar refractivity (Wildman–Crippen MR) is 103 cm³/mol. The highest BCUT2D eigenvalue weighted by Crippen LogP contribution is 2.27. The van der Waals surface area contributed by atoms with E-state index in [1.807, 2.05) is 30.3 Å². The molecule has 0 bridgehead atoms. The van der Waals surface area contributed by atoms with Gasteiger partial charge in [0.2, 0.25) is 11.8 Å². The van der Waals surface area contributed by atoms with Crippen molar-refractivity contribution in [2.75, 3.05) is 13.1 Å². The van der Waals surface area contributed by atoms with Gasteiger partial charge in [-0.25, -0.2) is 4.98 Å². The Bertz CT molecular complexity index is 850. The van der Waals surface area contributed by atoms with Crippen LogP contribution in [0.25, 0.3) is 10.6 Å².